The van der Waals surface area contributed by atoms with Gasteiger partial charge in [0.15, 0.2) is 0 Å². The smallest absolute Gasteiger partial charge is 0.311 e. The molecule has 3 N–H and O–H groups in total. The van der Waals surface area contributed by atoms with Crippen molar-refractivity contribution in [3.05, 3.63) is 0 Å². The maximum atomic E-state index is 11.7. The third-order valence-electron chi connectivity index (χ3n) is 1.87. The van der Waals surface area contributed by atoms with E-state index in [1.54, 1.807) is 0 Å². The molecule has 0 aliphatic carbocycles. The lowest BCUT2D eigenvalue weighted by Gasteiger charge is -2.22. The van der Waals surface area contributed by atoms with Crippen molar-refractivity contribution < 1.29 is 9.59 Å². The summed E-state index contributed by atoms with van der Waals surface area (Å²) in [6.07, 6.45) is 0. The summed E-state index contributed by atoms with van der Waals surface area (Å²) in [6.45, 7) is 6.94. The predicted octanol–water partition coefficient (Wildman–Crippen LogP) is -0.107. The Morgan fingerprint density at radius 3 is 2.38 bits per heavy atom. The summed E-state index contributed by atoms with van der Waals surface area (Å²) in [5, 5.41) is 2.37. The van der Waals surface area contributed by atoms with E-state index in [0.29, 0.717) is 19.0 Å². The normalized spacial score (nSPS) is 10.0. The number of thiocarbonyl (C=S) groups is 1. The van der Waals surface area contributed by atoms with Crippen molar-refractivity contribution in [1.29, 1.82) is 0 Å². The van der Waals surface area contributed by atoms with Crippen LogP contribution in [0.25, 0.3) is 0 Å². The number of nitrogens with two attached hydrogens (primary N) is 1. The van der Waals surface area contributed by atoms with Gasteiger partial charge in [0.05, 0.1) is 11.5 Å². The summed E-state index contributed by atoms with van der Waals surface area (Å²) in [7, 11) is 0. The van der Waals surface area contributed by atoms with Crippen LogP contribution in [-0.4, -0.2) is 41.3 Å². The lowest BCUT2D eigenvalue weighted by molar-refractivity contribution is -0.145. The van der Waals surface area contributed by atoms with Crippen molar-refractivity contribution >= 4 is 29.0 Å². The molecule has 0 aromatic heterocycles. The van der Waals surface area contributed by atoms with Gasteiger partial charge in [0, 0.05) is 13.1 Å². The zero-order valence-electron chi connectivity index (χ0n) is 9.95. The lowest BCUT2D eigenvalue weighted by atomic mass is 10.2. The largest absolute Gasteiger partial charge is 0.392 e. The minimum Gasteiger partial charge on any atom is -0.392 e. The highest BCUT2D eigenvalue weighted by Gasteiger charge is 2.20. The van der Waals surface area contributed by atoms with Gasteiger partial charge in [-0.15, -0.1) is 0 Å². The number of nitrogens with zero attached hydrogens (tertiary/aromatic N) is 1. The molecular weight excluding hydrogens is 226 g/mol. The molecule has 0 aliphatic rings. The van der Waals surface area contributed by atoms with Crippen molar-refractivity contribution in [1.82, 2.24) is 10.2 Å². The maximum Gasteiger partial charge on any atom is 0.311 e. The molecule has 0 aliphatic heterocycles. The number of nitrogens with one attached hydrogen (secondary N) is 1. The van der Waals surface area contributed by atoms with E-state index in [0.717, 1.165) is 0 Å². The predicted molar refractivity (Wildman–Crippen MR) is 66.9 cm³/mol. The fourth-order valence-corrected chi connectivity index (χ4v) is 1.26. The molecule has 0 bridgehead atoms. The fraction of sp³-hybridized carbons (Fsp3) is 0.700. The van der Waals surface area contributed by atoms with E-state index < -0.39 is 11.8 Å². The molecule has 0 aromatic carbocycles. The van der Waals surface area contributed by atoms with Crippen LogP contribution in [0.4, 0.5) is 0 Å². The van der Waals surface area contributed by atoms with Crippen LogP contribution >= 0.6 is 12.2 Å². The van der Waals surface area contributed by atoms with Crippen molar-refractivity contribution in [2.24, 2.45) is 11.7 Å². The Bertz CT molecular complexity index is 279. The fourth-order valence-electron chi connectivity index (χ4n) is 1.18. The Hall–Kier alpha value is -1.17. The van der Waals surface area contributed by atoms with Gasteiger partial charge in [-0.05, 0) is 12.8 Å². The molecule has 0 atom stereocenters. The van der Waals surface area contributed by atoms with E-state index in [1.165, 1.54) is 4.90 Å². The van der Waals surface area contributed by atoms with Gasteiger partial charge >= 0.3 is 11.8 Å². The third kappa shape index (κ3) is 5.65. The first-order valence-electron chi connectivity index (χ1n) is 5.23. The lowest BCUT2D eigenvalue weighted by Crippen LogP contribution is -2.46. The summed E-state index contributed by atoms with van der Waals surface area (Å²) >= 11 is 4.60. The monoisotopic (exact) mass is 245 g/mol. The van der Waals surface area contributed by atoms with Gasteiger partial charge in [-0.1, -0.05) is 26.1 Å². The van der Waals surface area contributed by atoms with Crippen molar-refractivity contribution in [3.63, 3.8) is 0 Å². The zero-order valence-corrected chi connectivity index (χ0v) is 10.8. The quantitative estimate of drug-likeness (QED) is 0.523. The average Bonchev–Trinajstić information content (AvgIpc) is 2.21. The van der Waals surface area contributed by atoms with E-state index in [-0.39, 0.29) is 11.5 Å². The molecule has 16 heavy (non-hydrogen) atoms. The first kappa shape index (κ1) is 14.8. The van der Waals surface area contributed by atoms with E-state index in [4.69, 9.17) is 5.73 Å². The standard InChI is InChI=1S/C10H19N3O2S/c1-4-13(6-7(2)3)10(15)9(14)12-5-8(11)16/h7H,4-6H2,1-3H3,(H2,11,16)(H,12,14). The minimum atomic E-state index is -0.657. The molecule has 0 fully saturated rings. The van der Waals surface area contributed by atoms with Gasteiger partial charge in [0.2, 0.25) is 0 Å². The van der Waals surface area contributed by atoms with Crippen LogP contribution in [0.5, 0.6) is 0 Å². The van der Waals surface area contributed by atoms with Gasteiger partial charge in [0.25, 0.3) is 0 Å². The van der Waals surface area contributed by atoms with Crippen LogP contribution in [0.3, 0.4) is 0 Å². The number of hydrogen-bond acceptors (Lipinski definition) is 3. The number of amides is 2. The first-order chi connectivity index (χ1) is 7.38. The molecule has 0 aromatic rings. The molecule has 0 heterocycles. The number of carbonyl (C=O) groups is 2. The molecule has 0 saturated heterocycles. The van der Waals surface area contributed by atoms with Crippen molar-refractivity contribution in [2.75, 3.05) is 19.6 Å². The Morgan fingerprint density at radius 1 is 1.44 bits per heavy atom. The highest BCUT2D eigenvalue weighted by Crippen LogP contribution is 1.98. The van der Waals surface area contributed by atoms with Crippen molar-refractivity contribution in [3.8, 4) is 0 Å². The van der Waals surface area contributed by atoms with Gasteiger partial charge in [-0.25, -0.2) is 0 Å². The van der Waals surface area contributed by atoms with Crippen LogP contribution in [0.1, 0.15) is 20.8 Å². The molecule has 5 nitrogen and oxygen atoms in total. The van der Waals surface area contributed by atoms with Crippen LogP contribution < -0.4 is 11.1 Å². The average molecular weight is 245 g/mol. The van der Waals surface area contributed by atoms with Gasteiger partial charge in [0.1, 0.15) is 0 Å². The van der Waals surface area contributed by atoms with Gasteiger partial charge < -0.3 is 16.0 Å². The van der Waals surface area contributed by atoms with E-state index in [9.17, 15) is 9.59 Å². The SMILES string of the molecule is CCN(CC(C)C)C(=O)C(=O)NCC(N)=S. The number of carbonyl (C=O) groups excluding carboxylic acids is 2. The van der Waals surface area contributed by atoms with Crippen LogP contribution in [0, 0.1) is 5.92 Å². The summed E-state index contributed by atoms with van der Waals surface area (Å²) < 4.78 is 0. The molecule has 6 heteroatoms. The highest BCUT2D eigenvalue weighted by atomic mass is 32.1. The summed E-state index contributed by atoms with van der Waals surface area (Å²) in [6, 6.07) is 0. The van der Waals surface area contributed by atoms with Gasteiger partial charge in [-0.2, -0.15) is 0 Å². The second-order valence-electron chi connectivity index (χ2n) is 3.89. The van der Waals surface area contributed by atoms with E-state index in [1.807, 2.05) is 20.8 Å². The number of hydrogen-bond donors (Lipinski definition) is 2. The molecule has 0 unspecified atom stereocenters. The minimum absolute atomic E-state index is 0.0547. The van der Waals surface area contributed by atoms with Crippen molar-refractivity contribution in [2.45, 2.75) is 20.8 Å². The van der Waals surface area contributed by atoms with Crippen LogP contribution in [0.15, 0.2) is 0 Å². The zero-order chi connectivity index (χ0) is 12.7. The molecular formula is C10H19N3O2S. The third-order valence-corrected chi connectivity index (χ3v) is 2.02. The molecule has 0 saturated carbocycles. The topological polar surface area (TPSA) is 75.4 Å². The molecule has 0 spiro atoms. The Labute approximate surface area is 101 Å². The number of rotatable bonds is 5. The Kier molecular flexibility index (Phi) is 6.64. The van der Waals surface area contributed by atoms with Crippen LogP contribution in [-0.2, 0) is 9.59 Å². The summed E-state index contributed by atoms with van der Waals surface area (Å²) in [5.41, 5.74) is 5.22. The highest BCUT2D eigenvalue weighted by molar-refractivity contribution is 7.80. The number of likely N-dealkylation sites (N-methyl/N-ethyl adjacent to an activating group) is 1. The summed E-state index contributed by atoms with van der Waals surface area (Å²) in [5.74, 6) is -0.866. The second kappa shape index (κ2) is 7.16. The molecule has 92 valence electrons. The van der Waals surface area contributed by atoms with E-state index in [2.05, 4.69) is 17.5 Å². The van der Waals surface area contributed by atoms with E-state index >= 15 is 0 Å². The molecule has 0 radical (unpaired) electrons. The Balaban J connectivity index is 4.27. The second-order valence-corrected chi connectivity index (χ2v) is 4.41. The Morgan fingerprint density at radius 2 is 2.00 bits per heavy atom. The first-order valence-corrected chi connectivity index (χ1v) is 5.64. The summed E-state index contributed by atoms with van der Waals surface area (Å²) in [4.78, 5) is 24.7. The van der Waals surface area contributed by atoms with Gasteiger partial charge in [-0.3, -0.25) is 9.59 Å². The maximum absolute atomic E-state index is 11.7. The molecule has 2 amide bonds. The molecule has 0 rings (SSSR count). The van der Waals surface area contributed by atoms with Crippen LogP contribution in [0.2, 0.25) is 0 Å².